The number of hydrogen-bond donors (Lipinski definition) is 1. The Bertz CT molecular complexity index is 330. The average Bonchev–Trinajstić information content (AvgIpc) is 2.33. The van der Waals surface area contributed by atoms with Crippen molar-refractivity contribution in [3.63, 3.8) is 0 Å². The Morgan fingerprint density at radius 2 is 1.94 bits per heavy atom. The first-order valence-corrected chi connectivity index (χ1v) is 7.43. The van der Waals surface area contributed by atoms with E-state index in [0.717, 1.165) is 12.5 Å². The van der Waals surface area contributed by atoms with E-state index in [-0.39, 0.29) is 0 Å². The molecule has 1 heteroatoms. The zero-order chi connectivity index (χ0) is 13.4. The van der Waals surface area contributed by atoms with E-state index in [1.165, 1.54) is 36.8 Å². The summed E-state index contributed by atoms with van der Waals surface area (Å²) in [7, 11) is 0. The fourth-order valence-corrected chi connectivity index (χ4v) is 2.32. The van der Waals surface area contributed by atoms with Crippen molar-refractivity contribution in [3.05, 3.63) is 35.4 Å². The van der Waals surface area contributed by atoms with Crippen LogP contribution in [0.25, 0.3) is 0 Å². The van der Waals surface area contributed by atoms with Crippen molar-refractivity contribution in [3.8, 4) is 0 Å². The summed E-state index contributed by atoms with van der Waals surface area (Å²) >= 11 is 0. The molecule has 1 aromatic carbocycles. The maximum Gasteiger partial charge on any atom is 0.0320 e. The molecule has 0 bridgehead atoms. The van der Waals surface area contributed by atoms with Gasteiger partial charge in [0, 0.05) is 6.04 Å². The summed E-state index contributed by atoms with van der Waals surface area (Å²) in [6.45, 7) is 10.1. The van der Waals surface area contributed by atoms with Crippen LogP contribution in [0.2, 0.25) is 0 Å². The molecule has 102 valence electrons. The number of rotatable bonds is 8. The first kappa shape index (κ1) is 15.2. The lowest BCUT2D eigenvalue weighted by Crippen LogP contribution is -2.22. The lowest BCUT2D eigenvalue weighted by atomic mass is 9.97. The smallest absolute Gasteiger partial charge is 0.0320 e. The molecule has 0 radical (unpaired) electrons. The van der Waals surface area contributed by atoms with Crippen LogP contribution in [0.3, 0.4) is 0 Å². The highest BCUT2D eigenvalue weighted by Crippen LogP contribution is 2.21. The molecule has 1 rings (SSSR count). The van der Waals surface area contributed by atoms with E-state index in [2.05, 4.69) is 57.3 Å². The summed E-state index contributed by atoms with van der Waals surface area (Å²) in [6.07, 6.45) is 5.09. The predicted octanol–water partition coefficient (Wildman–Crippen LogP) is 4.86. The van der Waals surface area contributed by atoms with Crippen LogP contribution in [0.1, 0.15) is 63.6 Å². The summed E-state index contributed by atoms with van der Waals surface area (Å²) in [5, 5.41) is 3.69. The van der Waals surface area contributed by atoms with Gasteiger partial charge < -0.3 is 5.32 Å². The van der Waals surface area contributed by atoms with Crippen LogP contribution in [0.15, 0.2) is 24.3 Å². The fourth-order valence-electron chi connectivity index (χ4n) is 2.32. The monoisotopic (exact) mass is 247 g/mol. The Hall–Kier alpha value is -0.820. The summed E-state index contributed by atoms with van der Waals surface area (Å²) in [4.78, 5) is 0. The number of hydrogen-bond acceptors (Lipinski definition) is 1. The molecule has 0 aliphatic rings. The standard InChI is InChI=1S/C17H29N/c1-5-12-18-17(11-6-8-14(2)3)16-10-7-9-15(4)13-16/h7,9-10,13-14,17-18H,5-6,8,11-12H2,1-4H3. The second kappa shape index (κ2) is 8.31. The van der Waals surface area contributed by atoms with Gasteiger partial charge in [-0.1, -0.05) is 63.4 Å². The summed E-state index contributed by atoms with van der Waals surface area (Å²) < 4.78 is 0. The maximum atomic E-state index is 3.69. The molecule has 0 saturated carbocycles. The molecule has 1 aromatic rings. The van der Waals surface area contributed by atoms with Crippen LogP contribution in [-0.2, 0) is 0 Å². The van der Waals surface area contributed by atoms with E-state index >= 15 is 0 Å². The van der Waals surface area contributed by atoms with Crippen LogP contribution >= 0.6 is 0 Å². The van der Waals surface area contributed by atoms with Gasteiger partial charge in [0.15, 0.2) is 0 Å². The molecular formula is C17H29N. The molecule has 1 nitrogen and oxygen atoms in total. The number of benzene rings is 1. The predicted molar refractivity (Wildman–Crippen MR) is 80.9 cm³/mol. The summed E-state index contributed by atoms with van der Waals surface area (Å²) in [5.41, 5.74) is 2.81. The highest BCUT2D eigenvalue weighted by Gasteiger charge is 2.10. The lowest BCUT2D eigenvalue weighted by Gasteiger charge is -2.20. The van der Waals surface area contributed by atoms with Gasteiger partial charge in [-0.25, -0.2) is 0 Å². The van der Waals surface area contributed by atoms with E-state index < -0.39 is 0 Å². The van der Waals surface area contributed by atoms with Crippen molar-refractivity contribution in [2.45, 2.75) is 59.4 Å². The average molecular weight is 247 g/mol. The normalized spacial score (nSPS) is 12.9. The van der Waals surface area contributed by atoms with Crippen molar-refractivity contribution in [2.75, 3.05) is 6.54 Å². The molecule has 1 unspecified atom stereocenters. The topological polar surface area (TPSA) is 12.0 Å². The molecule has 0 aromatic heterocycles. The molecule has 0 saturated heterocycles. The van der Waals surface area contributed by atoms with Gasteiger partial charge >= 0.3 is 0 Å². The molecule has 0 aliphatic heterocycles. The first-order chi connectivity index (χ1) is 8.63. The molecule has 0 spiro atoms. The summed E-state index contributed by atoms with van der Waals surface area (Å²) in [5.74, 6) is 0.814. The minimum atomic E-state index is 0.531. The van der Waals surface area contributed by atoms with Crippen molar-refractivity contribution < 1.29 is 0 Å². The highest BCUT2D eigenvalue weighted by molar-refractivity contribution is 5.25. The third-order valence-corrected chi connectivity index (χ3v) is 3.36. The van der Waals surface area contributed by atoms with Crippen molar-refractivity contribution >= 4 is 0 Å². The Morgan fingerprint density at radius 1 is 1.17 bits per heavy atom. The molecule has 1 N–H and O–H groups in total. The van der Waals surface area contributed by atoms with Crippen molar-refractivity contribution in [1.82, 2.24) is 5.32 Å². The van der Waals surface area contributed by atoms with Gasteiger partial charge in [0.25, 0.3) is 0 Å². The molecular weight excluding hydrogens is 218 g/mol. The Labute approximate surface area is 113 Å². The van der Waals surface area contributed by atoms with E-state index in [0.29, 0.717) is 6.04 Å². The minimum absolute atomic E-state index is 0.531. The molecule has 0 amide bonds. The lowest BCUT2D eigenvalue weighted by molar-refractivity contribution is 0.447. The van der Waals surface area contributed by atoms with Crippen LogP contribution in [-0.4, -0.2) is 6.54 Å². The van der Waals surface area contributed by atoms with Gasteiger partial charge in [-0.2, -0.15) is 0 Å². The first-order valence-electron chi connectivity index (χ1n) is 7.43. The second-order valence-electron chi connectivity index (χ2n) is 5.75. The molecule has 1 atom stereocenters. The Morgan fingerprint density at radius 3 is 2.56 bits per heavy atom. The van der Waals surface area contributed by atoms with Gasteiger partial charge in [-0.3, -0.25) is 0 Å². The van der Waals surface area contributed by atoms with Crippen LogP contribution in [0.4, 0.5) is 0 Å². The zero-order valence-corrected chi connectivity index (χ0v) is 12.5. The van der Waals surface area contributed by atoms with Gasteiger partial charge in [-0.15, -0.1) is 0 Å². The van der Waals surface area contributed by atoms with E-state index in [1.807, 2.05) is 0 Å². The van der Waals surface area contributed by atoms with Gasteiger partial charge in [-0.05, 0) is 37.8 Å². The zero-order valence-electron chi connectivity index (χ0n) is 12.5. The summed E-state index contributed by atoms with van der Waals surface area (Å²) in [6, 6.07) is 9.46. The molecule has 0 aliphatic carbocycles. The molecule has 18 heavy (non-hydrogen) atoms. The third kappa shape index (κ3) is 5.68. The maximum absolute atomic E-state index is 3.69. The van der Waals surface area contributed by atoms with Crippen molar-refractivity contribution in [2.24, 2.45) is 5.92 Å². The van der Waals surface area contributed by atoms with Crippen LogP contribution in [0, 0.1) is 12.8 Å². The Balaban J connectivity index is 2.59. The largest absolute Gasteiger partial charge is 0.310 e. The van der Waals surface area contributed by atoms with E-state index in [1.54, 1.807) is 0 Å². The van der Waals surface area contributed by atoms with Crippen molar-refractivity contribution in [1.29, 1.82) is 0 Å². The second-order valence-corrected chi connectivity index (χ2v) is 5.75. The van der Waals surface area contributed by atoms with Crippen LogP contribution in [0.5, 0.6) is 0 Å². The van der Waals surface area contributed by atoms with Gasteiger partial charge in [0.1, 0.15) is 0 Å². The molecule has 0 heterocycles. The van der Waals surface area contributed by atoms with Crippen LogP contribution < -0.4 is 5.32 Å². The van der Waals surface area contributed by atoms with Gasteiger partial charge in [0.05, 0.1) is 0 Å². The highest BCUT2D eigenvalue weighted by atomic mass is 14.9. The molecule has 0 fully saturated rings. The van der Waals surface area contributed by atoms with E-state index in [4.69, 9.17) is 0 Å². The third-order valence-electron chi connectivity index (χ3n) is 3.36. The SMILES string of the molecule is CCCNC(CCCC(C)C)c1cccc(C)c1. The number of nitrogens with one attached hydrogen (secondary N) is 1. The van der Waals surface area contributed by atoms with Gasteiger partial charge in [0.2, 0.25) is 0 Å². The fraction of sp³-hybridized carbons (Fsp3) is 0.647. The quantitative estimate of drug-likeness (QED) is 0.691. The minimum Gasteiger partial charge on any atom is -0.310 e. The number of aryl methyl sites for hydroxylation is 1. The Kier molecular flexibility index (Phi) is 7.04. The van der Waals surface area contributed by atoms with E-state index in [9.17, 15) is 0 Å².